The van der Waals surface area contributed by atoms with Crippen LogP contribution in [0.4, 0.5) is 11.6 Å². The topological polar surface area (TPSA) is 69.6 Å². The Bertz CT molecular complexity index is 819. The average Bonchev–Trinajstić information content (AvgIpc) is 3.07. The van der Waals surface area contributed by atoms with Crippen molar-refractivity contribution in [3.63, 3.8) is 0 Å². The van der Waals surface area contributed by atoms with Crippen molar-refractivity contribution >= 4 is 21.8 Å². The number of aromatic nitrogens is 2. The standard InChI is InChI=1S/C16H19N5O2S/c22-24(23,21-9-6-14-4-1-2-5-15(14)21)20-12-10-19(11-13-20)16-17-7-3-8-18-16/h1-5,7-8H,6,9-13H2. The predicted octanol–water partition coefficient (Wildman–Crippen LogP) is 0.906. The van der Waals surface area contributed by atoms with Gasteiger partial charge in [0.25, 0.3) is 0 Å². The molecule has 24 heavy (non-hydrogen) atoms. The lowest BCUT2D eigenvalue weighted by Gasteiger charge is -2.36. The maximum atomic E-state index is 13.0. The Labute approximate surface area is 141 Å². The summed E-state index contributed by atoms with van der Waals surface area (Å²) in [4.78, 5) is 10.5. The van der Waals surface area contributed by atoms with Crippen LogP contribution < -0.4 is 9.21 Å². The molecule has 0 saturated carbocycles. The SMILES string of the molecule is O=S(=O)(N1CCN(c2ncccn2)CC1)N1CCc2ccccc21. The summed E-state index contributed by atoms with van der Waals surface area (Å²) in [5, 5.41) is 0. The van der Waals surface area contributed by atoms with Crippen LogP contribution in [-0.4, -0.2) is 55.4 Å². The molecule has 0 unspecified atom stereocenters. The second-order valence-electron chi connectivity index (χ2n) is 5.89. The van der Waals surface area contributed by atoms with Crippen LogP contribution in [0.3, 0.4) is 0 Å². The molecule has 0 radical (unpaired) electrons. The molecule has 4 rings (SSSR count). The fourth-order valence-electron chi connectivity index (χ4n) is 3.26. The second kappa shape index (κ2) is 6.03. The maximum Gasteiger partial charge on any atom is 0.304 e. The molecule has 1 aromatic heterocycles. The highest BCUT2D eigenvalue weighted by Crippen LogP contribution is 2.31. The zero-order valence-electron chi connectivity index (χ0n) is 13.2. The van der Waals surface area contributed by atoms with Crippen molar-refractivity contribution in [2.45, 2.75) is 6.42 Å². The van der Waals surface area contributed by atoms with Crippen molar-refractivity contribution in [2.75, 3.05) is 41.9 Å². The van der Waals surface area contributed by atoms with Crippen molar-refractivity contribution in [1.29, 1.82) is 0 Å². The quantitative estimate of drug-likeness (QED) is 0.827. The highest BCUT2D eigenvalue weighted by Gasteiger charge is 2.36. The molecule has 0 N–H and O–H groups in total. The molecule has 8 heteroatoms. The minimum absolute atomic E-state index is 0.444. The zero-order valence-corrected chi connectivity index (χ0v) is 14.1. The van der Waals surface area contributed by atoms with Crippen molar-refractivity contribution < 1.29 is 8.42 Å². The van der Waals surface area contributed by atoms with Gasteiger partial charge in [-0.1, -0.05) is 18.2 Å². The Hall–Kier alpha value is -2.19. The van der Waals surface area contributed by atoms with E-state index < -0.39 is 10.2 Å². The van der Waals surface area contributed by atoms with E-state index in [0.717, 1.165) is 17.7 Å². The summed E-state index contributed by atoms with van der Waals surface area (Å²) in [6.07, 6.45) is 4.17. The van der Waals surface area contributed by atoms with Gasteiger partial charge in [-0.3, -0.25) is 4.31 Å². The van der Waals surface area contributed by atoms with Gasteiger partial charge in [0, 0.05) is 45.1 Å². The fourth-order valence-corrected chi connectivity index (χ4v) is 4.91. The monoisotopic (exact) mass is 345 g/mol. The van der Waals surface area contributed by atoms with Gasteiger partial charge < -0.3 is 4.90 Å². The highest BCUT2D eigenvalue weighted by molar-refractivity contribution is 7.90. The molecule has 0 bridgehead atoms. The molecular formula is C16H19N5O2S. The fraction of sp³-hybridized carbons (Fsp3) is 0.375. The number of benzene rings is 1. The second-order valence-corrected chi connectivity index (χ2v) is 7.75. The Morgan fingerprint density at radius 2 is 1.58 bits per heavy atom. The first kappa shape index (κ1) is 15.3. The van der Waals surface area contributed by atoms with E-state index in [1.54, 1.807) is 22.8 Å². The molecule has 1 saturated heterocycles. The summed E-state index contributed by atoms with van der Waals surface area (Å²) < 4.78 is 29.1. The van der Waals surface area contributed by atoms with E-state index in [-0.39, 0.29) is 0 Å². The van der Waals surface area contributed by atoms with Crippen molar-refractivity contribution in [1.82, 2.24) is 14.3 Å². The third-order valence-corrected chi connectivity index (χ3v) is 6.48. The van der Waals surface area contributed by atoms with Crippen LogP contribution in [0.1, 0.15) is 5.56 Å². The van der Waals surface area contributed by atoms with Gasteiger partial charge in [-0.2, -0.15) is 12.7 Å². The first-order chi connectivity index (χ1) is 11.7. The number of piperazine rings is 1. The largest absolute Gasteiger partial charge is 0.338 e. The summed E-state index contributed by atoms with van der Waals surface area (Å²) in [7, 11) is -3.48. The molecule has 2 aliphatic rings. The van der Waals surface area contributed by atoms with Crippen LogP contribution in [0.5, 0.6) is 0 Å². The third-order valence-electron chi connectivity index (χ3n) is 4.52. The molecule has 0 amide bonds. The van der Waals surface area contributed by atoms with E-state index in [1.807, 2.05) is 29.2 Å². The lowest BCUT2D eigenvalue weighted by molar-refractivity contribution is 0.381. The molecule has 3 heterocycles. The number of hydrogen-bond donors (Lipinski definition) is 0. The van der Waals surface area contributed by atoms with E-state index >= 15 is 0 Å². The van der Waals surface area contributed by atoms with Crippen LogP contribution in [0, 0.1) is 0 Å². The normalized spacial score (nSPS) is 18.7. The number of para-hydroxylation sites is 1. The molecule has 0 aliphatic carbocycles. The molecule has 1 aromatic carbocycles. The summed E-state index contributed by atoms with van der Waals surface area (Å²) in [6, 6.07) is 9.49. The van der Waals surface area contributed by atoms with Gasteiger partial charge in [0.1, 0.15) is 0 Å². The van der Waals surface area contributed by atoms with Crippen LogP contribution in [-0.2, 0) is 16.6 Å². The van der Waals surface area contributed by atoms with Gasteiger partial charge in [0.05, 0.1) is 5.69 Å². The minimum atomic E-state index is -3.48. The lowest BCUT2D eigenvalue weighted by Crippen LogP contribution is -2.53. The number of fused-ring (bicyclic) bond motifs is 1. The van der Waals surface area contributed by atoms with Gasteiger partial charge in [0.15, 0.2) is 0 Å². The smallest absolute Gasteiger partial charge is 0.304 e. The molecule has 0 spiro atoms. The van der Waals surface area contributed by atoms with E-state index in [2.05, 4.69) is 9.97 Å². The average molecular weight is 345 g/mol. The number of anilines is 2. The minimum Gasteiger partial charge on any atom is -0.338 e. The summed E-state index contributed by atoms with van der Waals surface area (Å²) in [5.41, 5.74) is 1.91. The Morgan fingerprint density at radius 1 is 0.875 bits per heavy atom. The molecule has 2 aliphatic heterocycles. The molecule has 2 aromatic rings. The zero-order chi connectivity index (χ0) is 16.6. The number of hydrogen-bond acceptors (Lipinski definition) is 5. The molecule has 7 nitrogen and oxygen atoms in total. The third kappa shape index (κ3) is 2.61. The van der Waals surface area contributed by atoms with E-state index in [4.69, 9.17) is 0 Å². The molecule has 126 valence electrons. The predicted molar refractivity (Wildman–Crippen MR) is 92.2 cm³/mol. The number of rotatable bonds is 3. The molecule has 1 fully saturated rings. The first-order valence-electron chi connectivity index (χ1n) is 8.04. The highest BCUT2D eigenvalue weighted by atomic mass is 32.2. The Morgan fingerprint density at radius 3 is 2.33 bits per heavy atom. The molecular weight excluding hydrogens is 326 g/mol. The van der Waals surface area contributed by atoms with Crippen molar-refractivity contribution in [3.8, 4) is 0 Å². The van der Waals surface area contributed by atoms with Crippen LogP contribution in [0.25, 0.3) is 0 Å². The summed E-state index contributed by atoms with van der Waals surface area (Å²) in [5.74, 6) is 0.654. The van der Waals surface area contributed by atoms with Crippen LogP contribution in [0.15, 0.2) is 42.7 Å². The Balaban J connectivity index is 1.49. The lowest BCUT2D eigenvalue weighted by atomic mass is 10.2. The maximum absolute atomic E-state index is 13.0. The Kier molecular flexibility index (Phi) is 3.85. The van der Waals surface area contributed by atoms with Crippen LogP contribution >= 0.6 is 0 Å². The van der Waals surface area contributed by atoms with E-state index in [9.17, 15) is 8.42 Å². The van der Waals surface area contributed by atoms with E-state index in [0.29, 0.717) is 38.7 Å². The van der Waals surface area contributed by atoms with Crippen molar-refractivity contribution in [2.24, 2.45) is 0 Å². The summed E-state index contributed by atoms with van der Waals surface area (Å²) >= 11 is 0. The van der Waals surface area contributed by atoms with Crippen LogP contribution in [0.2, 0.25) is 0 Å². The van der Waals surface area contributed by atoms with Gasteiger partial charge in [-0.25, -0.2) is 9.97 Å². The summed E-state index contributed by atoms with van der Waals surface area (Å²) in [6.45, 7) is 2.60. The van der Waals surface area contributed by atoms with Crippen molar-refractivity contribution in [3.05, 3.63) is 48.3 Å². The van der Waals surface area contributed by atoms with Gasteiger partial charge >= 0.3 is 10.2 Å². The van der Waals surface area contributed by atoms with Gasteiger partial charge in [-0.05, 0) is 24.1 Å². The van der Waals surface area contributed by atoms with Gasteiger partial charge in [0.2, 0.25) is 5.95 Å². The molecule has 0 atom stereocenters. The number of nitrogens with zero attached hydrogens (tertiary/aromatic N) is 5. The van der Waals surface area contributed by atoms with E-state index in [1.165, 1.54) is 4.31 Å². The first-order valence-corrected chi connectivity index (χ1v) is 9.43. The van der Waals surface area contributed by atoms with Gasteiger partial charge in [-0.15, -0.1) is 0 Å².